The molecule has 1 N–H and O–H groups in total. The summed E-state index contributed by atoms with van der Waals surface area (Å²) in [6.45, 7) is 12.5. The molecule has 1 amide bonds. The summed E-state index contributed by atoms with van der Waals surface area (Å²) in [6.07, 6.45) is 1.05. The van der Waals surface area contributed by atoms with E-state index >= 15 is 0 Å². The third-order valence-electron chi connectivity index (χ3n) is 4.18. The van der Waals surface area contributed by atoms with Gasteiger partial charge >= 0.3 is 12.1 Å². The molecule has 1 atom stereocenters. The lowest BCUT2D eigenvalue weighted by Gasteiger charge is -2.45. The van der Waals surface area contributed by atoms with Gasteiger partial charge in [0.2, 0.25) is 0 Å². The number of rotatable bonds is 4. The summed E-state index contributed by atoms with van der Waals surface area (Å²) in [7, 11) is 0. The molecule has 1 unspecified atom stereocenters. The molecule has 0 aromatic carbocycles. The van der Waals surface area contributed by atoms with E-state index < -0.39 is 23.2 Å². The van der Waals surface area contributed by atoms with Gasteiger partial charge in [-0.3, -0.25) is 4.90 Å². The van der Waals surface area contributed by atoms with Crippen molar-refractivity contribution >= 4 is 12.1 Å². The minimum atomic E-state index is -1.25. The van der Waals surface area contributed by atoms with Crippen molar-refractivity contribution in [1.82, 2.24) is 4.90 Å². The van der Waals surface area contributed by atoms with Gasteiger partial charge in [0.25, 0.3) is 0 Å². The van der Waals surface area contributed by atoms with E-state index in [1.165, 1.54) is 4.90 Å². The Morgan fingerprint density at radius 3 is 1.90 bits per heavy atom. The van der Waals surface area contributed by atoms with Crippen molar-refractivity contribution in [3.8, 4) is 0 Å². The van der Waals surface area contributed by atoms with Crippen LogP contribution in [0.4, 0.5) is 4.79 Å². The molecule has 1 aliphatic rings. The van der Waals surface area contributed by atoms with E-state index in [1.807, 2.05) is 20.8 Å². The average Bonchev–Trinajstić information content (AvgIpc) is 2.93. The molecule has 0 heterocycles. The highest BCUT2D eigenvalue weighted by molar-refractivity contribution is 5.86. The minimum Gasteiger partial charge on any atom is -0.479 e. The molecule has 0 aromatic heterocycles. The molecule has 0 spiro atoms. The van der Waals surface area contributed by atoms with Crippen molar-refractivity contribution in [1.29, 1.82) is 0 Å². The SMILES string of the molecule is CC(C)N(C(=O)OC(C)(C)C)C(C)(C(=O)O)C1(C)CC1. The molecule has 116 valence electrons. The number of carbonyl (C=O) groups excluding carboxylic acids is 1. The maximum atomic E-state index is 12.5. The zero-order valence-electron chi connectivity index (χ0n) is 13.6. The lowest BCUT2D eigenvalue weighted by Crippen LogP contribution is -2.63. The van der Waals surface area contributed by atoms with Crippen LogP contribution in [-0.4, -0.2) is 39.3 Å². The smallest absolute Gasteiger partial charge is 0.411 e. The van der Waals surface area contributed by atoms with Crippen LogP contribution in [-0.2, 0) is 9.53 Å². The van der Waals surface area contributed by atoms with Crippen LogP contribution < -0.4 is 0 Å². The fourth-order valence-corrected chi connectivity index (χ4v) is 2.55. The molecule has 1 saturated carbocycles. The summed E-state index contributed by atoms with van der Waals surface area (Å²) in [4.78, 5) is 25.7. The van der Waals surface area contributed by atoms with E-state index in [1.54, 1.807) is 27.7 Å². The normalized spacial score (nSPS) is 20.2. The zero-order chi connectivity index (χ0) is 15.9. The number of nitrogens with zero attached hydrogens (tertiary/aromatic N) is 1. The van der Waals surface area contributed by atoms with Gasteiger partial charge in [0, 0.05) is 11.5 Å². The average molecular weight is 285 g/mol. The quantitative estimate of drug-likeness (QED) is 0.860. The van der Waals surface area contributed by atoms with Gasteiger partial charge in [0.1, 0.15) is 11.1 Å². The Morgan fingerprint density at radius 2 is 1.65 bits per heavy atom. The fraction of sp³-hybridized carbons (Fsp3) is 0.867. The second-order valence-corrected chi connectivity index (χ2v) is 7.38. The van der Waals surface area contributed by atoms with Gasteiger partial charge in [-0.1, -0.05) is 6.92 Å². The third-order valence-corrected chi connectivity index (χ3v) is 4.18. The Morgan fingerprint density at radius 1 is 1.20 bits per heavy atom. The van der Waals surface area contributed by atoms with Crippen molar-refractivity contribution in [3.05, 3.63) is 0 Å². The molecule has 5 nitrogen and oxygen atoms in total. The maximum absolute atomic E-state index is 12.5. The third kappa shape index (κ3) is 2.91. The summed E-state index contributed by atoms with van der Waals surface area (Å²) in [6, 6.07) is -0.247. The minimum absolute atomic E-state index is 0.247. The Balaban J connectivity index is 3.18. The van der Waals surface area contributed by atoms with E-state index in [-0.39, 0.29) is 11.5 Å². The second kappa shape index (κ2) is 4.93. The molecular weight excluding hydrogens is 258 g/mol. The lowest BCUT2D eigenvalue weighted by atomic mass is 9.81. The van der Waals surface area contributed by atoms with Crippen LogP contribution in [0.15, 0.2) is 0 Å². The van der Waals surface area contributed by atoms with Crippen LogP contribution in [0.1, 0.15) is 61.3 Å². The van der Waals surface area contributed by atoms with E-state index in [2.05, 4.69) is 0 Å². The summed E-state index contributed by atoms with van der Waals surface area (Å²) in [5.74, 6) is -0.975. The van der Waals surface area contributed by atoms with E-state index in [4.69, 9.17) is 4.74 Å². The maximum Gasteiger partial charge on any atom is 0.411 e. The Hall–Kier alpha value is -1.26. The Kier molecular flexibility index (Phi) is 4.14. The molecule has 1 aliphatic carbocycles. The number of aliphatic carboxylic acids is 1. The van der Waals surface area contributed by atoms with Crippen LogP contribution in [0.2, 0.25) is 0 Å². The number of hydrogen-bond donors (Lipinski definition) is 1. The molecular formula is C15H27NO4. The number of amides is 1. The van der Waals surface area contributed by atoms with Crippen molar-refractivity contribution in [2.45, 2.75) is 78.5 Å². The molecule has 0 radical (unpaired) electrons. The van der Waals surface area contributed by atoms with Crippen LogP contribution in [0.25, 0.3) is 0 Å². The van der Waals surface area contributed by atoms with Gasteiger partial charge in [0.05, 0.1) is 0 Å². The first-order valence-electron chi connectivity index (χ1n) is 7.11. The predicted molar refractivity (Wildman–Crippen MR) is 76.6 cm³/mol. The summed E-state index contributed by atoms with van der Waals surface area (Å²) < 4.78 is 5.40. The highest BCUT2D eigenvalue weighted by atomic mass is 16.6. The summed E-state index contributed by atoms with van der Waals surface area (Å²) >= 11 is 0. The van der Waals surface area contributed by atoms with E-state index in [0.717, 1.165) is 12.8 Å². The van der Waals surface area contributed by atoms with Gasteiger partial charge in [-0.2, -0.15) is 0 Å². The first-order chi connectivity index (χ1) is 8.85. The number of carboxylic acid groups (broad SMARTS) is 1. The van der Waals surface area contributed by atoms with Gasteiger partial charge in [0.15, 0.2) is 0 Å². The highest BCUT2D eigenvalue weighted by Gasteiger charge is 2.63. The predicted octanol–water partition coefficient (Wildman–Crippen LogP) is 3.28. The fourth-order valence-electron chi connectivity index (χ4n) is 2.55. The second-order valence-electron chi connectivity index (χ2n) is 7.38. The summed E-state index contributed by atoms with van der Waals surface area (Å²) in [5.41, 5.74) is -2.28. The molecule has 0 bridgehead atoms. The molecule has 1 rings (SSSR count). The number of hydrogen-bond acceptors (Lipinski definition) is 3. The monoisotopic (exact) mass is 285 g/mol. The number of ether oxygens (including phenoxy) is 1. The molecule has 0 saturated heterocycles. The van der Waals surface area contributed by atoms with Crippen molar-refractivity contribution in [2.75, 3.05) is 0 Å². The van der Waals surface area contributed by atoms with Crippen LogP contribution in [0.3, 0.4) is 0 Å². The standard InChI is InChI=1S/C15H27NO4/c1-10(2)16(12(19)20-13(3,4)5)15(7,11(17)18)14(6)8-9-14/h10H,8-9H2,1-7H3,(H,17,18). The Labute approximate surface area is 121 Å². The summed E-state index contributed by atoms with van der Waals surface area (Å²) in [5, 5.41) is 9.73. The molecule has 0 aromatic rings. The van der Waals surface area contributed by atoms with Gasteiger partial charge in [-0.05, 0) is 54.4 Å². The van der Waals surface area contributed by atoms with Gasteiger partial charge in [-0.25, -0.2) is 9.59 Å². The van der Waals surface area contributed by atoms with E-state index in [0.29, 0.717) is 0 Å². The number of carbonyl (C=O) groups is 2. The lowest BCUT2D eigenvalue weighted by molar-refractivity contribution is -0.156. The topological polar surface area (TPSA) is 66.8 Å². The van der Waals surface area contributed by atoms with Gasteiger partial charge in [-0.15, -0.1) is 0 Å². The number of carboxylic acids is 1. The van der Waals surface area contributed by atoms with Gasteiger partial charge < -0.3 is 9.84 Å². The molecule has 1 fully saturated rings. The highest BCUT2D eigenvalue weighted by Crippen LogP contribution is 2.56. The van der Waals surface area contributed by atoms with Crippen LogP contribution in [0, 0.1) is 5.41 Å². The van der Waals surface area contributed by atoms with Crippen molar-refractivity contribution in [3.63, 3.8) is 0 Å². The molecule has 20 heavy (non-hydrogen) atoms. The van der Waals surface area contributed by atoms with Crippen LogP contribution in [0.5, 0.6) is 0 Å². The first-order valence-corrected chi connectivity index (χ1v) is 7.11. The molecule has 0 aliphatic heterocycles. The van der Waals surface area contributed by atoms with E-state index in [9.17, 15) is 14.7 Å². The first kappa shape index (κ1) is 16.8. The Bertz CT molecular complexity index is 407. The molecule has 5 heteroatoms. The largest absolute Gasteiger partial charge is 0.479 e. The van der Waals surface area contributed by atoms with Crippen LogP contribution >= 0.6 is 0 Å². The van der Waals surface area contributed by atoms with Crippen molar-refractivity contribution < 1.29 is 19.4 Å². The van der Waals surface area contributed by atoms with Crippen molar-refractivity contribution in [2.24, 2.45) is 5.41 Å². The zero-order valence-corrected chi connectivity index (χ0v) is 13.6.